The Bertz CT molecular complexity index is 476. The first-order chi connectivity index (χ1) is 8.97. The Morgan fingerprint density at radius 3 is 2.47 bits per heavy atom. The van der Waals surface area contributed by atoms with Gasteiger partial charge in [0.2, 0.25) is 5.91 Å². The largest absolute Gasteiger partial charge is 0.348 e. The number of thiophene rings is 1. The lowest BCUT2D eigenvalue weighted by Gasteiger charge is -2.31. The summed E-state index contributed by atoms with van der Waals surface area (Å²) in [6.07, 6.45) is 1.64. The molecule has 4 nitrogen and oxygen atoms in total. The molecule has 7 heteroatoms. The molecule has 1 N–H and O–H groups in total. The molecule has 0 radical (unpaired) electrons. The molecule has 2 heterocycles. The standard InChI is InChI=1S/C12H14Br2N2O2S/c1-7(17)16-4-2-8(3-5-16)15-12(18)10-6-9(13)11(14)19-10/h6,8H,2-5H2,1H3,(H,15,18). The second-order valence-electron chi connectivity index (χ2n) is 4.49. The normalized spacial score (nSPS) is 16.5. The van der Waals surface area contributed by atoms with E-state index in [1.54, 1.807) is 6.92 Å². The molecule has 0 spiro atoms. The lowest BCUT2D eigenvalue weighted by atomic mass is 10.0. The summed E-state index contributed by atoms with van der Waals surface area (Å²) in [5, 5.41) is 3.03. The van der Waals surface area contributed by atoms with E-state index in [0.717, 1.165) is 34.2 Å². The Balaban J connectivity index is 1.89. The summed E-state index contributed by atoms with van der Waals surface area (Å²) in [4.78, 5) is 25.8. The number of carbonyl (C=O) groups is 2. The van der Waals surface area contributed by atoms with E-state index in [1.165, 1.54) is 11.3 Å². The first kappa shape index (κ1) is 15.0. The van der Waals surface area contributed by atoms with Crippen LogP contribution in [0.4, 0.5) is 0 Å². The third-order valence-electron chi connectivity index (χ3n) is 3.14. The van der Waals surface area contributed by atoms with Crippen molar-refractivity contribution in [3.63, 3.8) is 0 Å². The molecular formula is C12H14Br2N2O2S. The van der Waals surface area contributed by atoms with Gasteiger partial charge >= 0.3 is 0 Å². The topological polar surface area (TPSA) is 49.4 Å². The van der Waals surface area contributed by atoms with Crippen LogP contribution in [0.3, 0.4) is 0 Å². The third-order valence-corrected chi connectivity index (χ3v) is 6.40. The van der Waals surface area contributed by atoms with Crippen molar-refractivity contribution < 1.29 is 9.59 Å². The van der Waals surface area contributed by atoms with Gasteiger partial charge in [-0.3, -0.25) is 9.59 Å². The molecule has 104 valence electrons. The Labute approximate surface area is 132 Å². The summed E-state index contributed by atoms with van der Waals surface area (Å²) in [5.41, 5.74) is 0. The molecule has 1 aliphatic rings. The van der Waals surface area contributed by atoms with Crippen LogP contribution >= 0.6 is 43.2 Å². The number of hydrogen-bond donors (Lipinski definition) is 1. The van der Waals surface area contributed by atoms with Crippen LogP contribution in [0.25, 0.3) is 0 Å². The van der Waals surface area contributed by atoms with Gasteiger partial charge in [0.05, 0.1) is 8.66 Å². The van der Waals surface area contributed by atoms with E-state index in [4.69, 9.17) is 0 Å². The molecule has 0 atom stereocenters. The van der Waals surface area contributed by atoms with Crippen molar-refractivity contribution >= 4 is 55.0 Å². The number of amides is 2. The van der Waals surface area contributed by atoms with Gasteiger partial charge in [0.1, 0.15) is 0 Å². The molecule has 1 saturated heterocycles. The number of likely N-dealkylation sites (tertiary alicyclic amines) is 1. The zero-order valence-corrected chi connectivity index (χ0v) is 14.4. The van der Waals surface area contributed by atoms with Crippen LogP contribution in [-0.2, 0) is 4.79 Å². The fourth-order valence-electron chi connectivity index (χ4n) is 2.05. The highest BCUT2D eigenvalue weighted by Gasteiger charge is 2.23. The van der Waals surface area contributed by atoms with Crippen molar-refractivity contribution in [3.8, 4) is 0 Å². The van der Waals surface area contributed by atoms with Crippen LogP contribution in [0, 0.1) is 0 Å². The van der Waals surface area contributed by atoms with Crippen LogP contribution in [-0.4, -0.2) is 35.8 Å². The molecule has 0 aromatic carbocycles. The van der Waals surface area contributed by atoms with Crippen LogP contribution in [0.5, 0.6) is 0 Å². The molecule has 2 amide bonds. The van der Waals surface area contributed by atoms with Crippen LogP contribution in [0.2, 0.25) is 0 Å². The number of hydrogen-bond acceptors (Lipinski definition) is 3. The summed E-state index contributed by atoms with van der Waals surface area (Å²) < 4.78 is 1.82. The Morgan fingerprint density at radius 1 is 1.37 bits per heavy atom. The molecule has 1 aromatic rings. The minimum absolute atomic E-state index is 0.0438. The predicted molar refractivity (Wildman–Crippen MR) is 82.5 cm³/mol. The zero-order chi connectivity index (χ0) is 14.0. The fourth-order valence-corrected chi connectivity index (χ4v) is 3.99. The fraction of sp³-hybridized carbons (Fsp3) is 0.500. The van der Waals surface area contributed by atoms with Crippen LogP contribution < -0.4 is 5.32 Å². The summed E-state index contributed by atoms with van der Waals surface area (Å²) in [6, 6.07) is 1.97. The van der Waals surface area contributed by atoms with Gasteiger partial charge in [0, 0.05) is 30.5 Å². The van der Waals surface area contributed by atoms with Crippen molar-refractivity contribution in [2.24, 2.45) is 0 Å². The molecule has 1 aromatic heterocycles. The number of carbonyl (C=O) groups excluding carboxylic acids is 2. The highest BCUT2D eigenvalue weighted by atomic mass is 79.9. The monoisotopic (exact) mass is 408 g/mol. The minimum atomic E-state index is -0.0438. The van der Waals surface area contributed by atoms with Gasteiger partial charge in [0.25, 0.3) is 5.91 Å². The van der Waals surface area contributed by atoms with Gasteiger partial charge in [-0.1, -0.05) is 0 Å². The number of halogens is 2. The number of nitrogens with one attached hydrogen (secondary N) is 1. The van der Waals surface area contributed by atoms with Crippen LogP contribution in [0.1, 0.15) is 29.4 Å². The average molecular weight is 410 g/mol. The van der Waals surface area contributed by atoms with Gasteiger partial charge in [-0.15, -0.1) is 11.3 Å². The average Bonchev–Trinajstić information content (AvgIpc) is 2.70. The third kappa shape index (κ3) is 3.79. The number of rotatable bonds is 2. The Hall–Kier alpha value is -0.400. The quantitative estimate of drug-likeness (QED) is 0.816. The highest BCUT2D eigenvalue weighted by Crippen LogP contribution is 2.32. The van der Waals surface area contributed by atoms with E-state index in [2.05, 4.69) is 37.2 Å². The molecule has 0 unspecified atom stereocenters. The molecule has 0 aliphatic carbocycles. The van der Waals surface area contributed by atoms with Crippen molar-refractivity contribution in [1.82, 2.24) is 10.2 Å². The Morgan fingerprint density at radius 2 is 2.00 bits per heavy atom. The second-order valence-corrected chi connectivity index (χ2v) is 7.71. The van der Waals surface area contributed by atoms with E-state index < -0.39 is 0 Å². The first-order valence-electron chi connectivity index (χ1n) is 5.98. The van der Waals surface area contributed by atoms with Gasteiger partial charge in [0.15, 0.2) is 0 Å². The van der Waals surface area contributed by atoms with Crippen molar-refractivity contribution in [1.29, 1.82) is 0 Å². The Kier molecular flexibility index (Phi) is 5.03. The molecule has 2 rings (SSSR count). The maximum absolute atomic E-state index is 12.1. The van der Waals surface area contributed by atoms with Gasteiger partial charge in [-0.25, -0.2) is 0 Å². The molecule has 0 bridgehead atoms. The molecular weight excluding hydrogens is 396 g/mol. The van der Waals surface area contributed by atoms with E-state index >= 15 is 0 Å². The summed E-state index contributed by atoms with van der Waals surface area (Å²) >= 11 is 8.16. The van der Waals surface area contributed by atoms with E-state index in [9.17, 15) is 9.59 Å². The van der Waals surface area contributed by atoms with Crippen LogP contribution in [0.15, 0.2) is 14.3 Å². The lowest BCUT2D eigenvalue weighted by Crippen LogP contribution is -2.45. The van der Waals surface area contributed by atoms with Gasteiger partial charge in [-0.05, 0) is 50.8 Å². The summed E-state index contributed by atoms with van der Waals surface area (Å²) in [6.45, 7) is 3.02. The van der Waals surface area contributed by atoms with E-state index in [1.807, 2.05) is 11.0 Å². The van der Waals surface area contributed by atoms with Crippen molar-refractivity contribution in [2.45, 2.75) is 25.8 Å². The van der Waals surface area contributed by atoms with E-state index in [0.29, 0.717) is 4.88 Å². The molecule has 1 fully saturated rings. The molecule has 0 saturated carbocycles. The number of nitrogens with zero attached hydrogens (tertiary/aromatic N) is 1. The van der Waals surface area contributed by atoms with Crippen molar-refractivity contribution in [2.75, 3.05) is 13.1 Å². The zero-order valence-electron chi connectivity index (χ0n) is 10.4. The van der Waals surface area contributed by atoms with Gasteiger partial charge < -0.3 is 10.2 Å². The van der Waals surface area contributed by atoms with Crippen molar-refractivity contribution in [3.05, 3.63) is 19.2 Å². The summed E-state index contributed by atoms with van der Waals surface area (Å²) in [7, 11) is 0. The smallest absolute Gasteiger partial charge is 0.261 e. The summed E-state index contributed by atoms with van der Waals surface area (Å²) in [5.74, 6) is 0.0635. The van der Waals surface area contributed by atoms with E-state index in [-0.39, 0.29) is 17.9 Å². The second kappa shape index (κ2) is 6.37. The maximum Gasteiger partial charge on any atom is 0.261 e. The number of piperidine rings is 1. The molecule has 19 heavy (non-hydrogen) atoms. The maximum atomic E-state index is 12.1. The highest BCUT2D eigenvalue weighted by molar-refractivity contribution is 9.13. The first-order valence-corrected chi connectivity index (χ1v) is 8.39. The SMILES string of the molecule is CC(=O)N1CCC(NC(=O)c2cc(Br)c(Br)s2)CC1. The lowest BCUT2D eigenvalue weighted by molar-refractivity contribution is -0.129. The predicted octanol–water partition coefficient (Wildman–Crippen LogP) is 3.01. The minimum Gasteiger partial charge on any atom is -0.348 e. The molecule has 1 aliphatic heterocycles. The van der Waals surface area contributed by atoms with Gasteiger partial charge in [-0.2, -0.15) is 0 Å².